The average Bonchev–Trinajstić information content (AvgIpc) is 2.27. The predicted molar refractivity (Wildman–Crippen MR) is 62.5 cm³/mol. The fourth-order valence-corrected chi connectivity index (χ4v) is 1.28. The zero-order valence-corrected chi connectivity index (χ0v) is 10.8. The molecule has 0 fully saturated rings. The third kappa shape index (κ3) is 4.03. The highest BCUT2D eigenvalue weighted by Gasteiger charge is 2.19. The number of hydrogen-bond acceptors (Lipinski definition) is 7. The minimum Gasteiger partial charge on any atom is -0.467 e. The molecule has 17 heavy (non-hydrogen) atoms. The van der Waals surface area contributed by atoms with E-state index < -0.39 is 0 Å². The summed E-state index contributed by atoms with van der Waals surface area (Å²) in [5, 5.41) is 3.12. The Bertz CT molecular complexity index is 348. The van der Waals surface area contributed by atoms with Crippen LogP contribution in [0.3, 0.4) is 0 Å². The summed E-state index contributed by atoms with van der Waals surface area (Å²) in [6, 6.07) is 0.403. The van der Waals surface area contributed by atoms with Crippen molar-refractivity contribution in [2.24, 2.45) is 0 Å². The fraction of sp³-hybridized carbons (Fsp3) is 0.700. The van der Waals surface area contributed by atoms with E-state index in [4.69, 9.17) is 14.2 Å². The topological polar surface area (TPSA) is 78.4 Å². The van der Waals surface area contributed by atoms with Gasteiger partial charge in [-0.05, 0) is 13.8 Å². The van der Waals surface area contributed by atoms with Crippen LogP contribution in [-0.4, -0.2) is 48.4 Å². The second-order valence-corrected chi connectivity index (χ2v) is 4.07. The van der Waals surface area contributed by atoms with Crippen LogP contribution in [0.5, 0.6) is 12.0 Å². The Kier molecular flexibility index (Phi) is 4.45. The molecule has 0 amide bonds. The molecular formula is C10H18N4O3. The molecule has 0 atom stereocenters. The van der Waals surface area contributed by atoms with E-state index >= 15 is 0 Å². The van der Waals surface area contributed by atoms with Gasteiger partial charge in [0.1, 0.15) is 0 Å². The van der Waals surface area contributed by atoms with Crippen LogP contribution in [0.1, 0.15) is 13.8 Å². The van der Waals surface area contributed by atoms with Crippen LogP contribution in [0.2, 0.25) is 0 Å². The molecule has 0 saturated carbocycles. The molecule has 1 aromatic heterocycles. The zero-order valence-electron chi connectivity index (χ0n) is 10.8. The van der Waals surface area contributed by atoms with Crippen LogP contribution >= 0.6 is 0 Å². The molecule has 1 N–H and O–H groups in total. The van der Waals surface area contributed by atoms with Crippen molar-refractivity contribution in [3.05, 3.63) is 0 Å². The second kappa shape index (κ2) is 5.62. The number of methoxy groups -OCH3 is 3. The van der Waals surface area contributed by atoms with Crippen molar-refractivity contribution in [2.45, 2.75) is 19.4 Å². The van der Waals surface area contributed by atoms with Gasteiger partial charge in [-0.1, -0.05) is 0 Å². The monoisotopic (exact) mass is 242 g/mol. The van der Waals surface area contributed by atoms with Gasteiger partial charge < -0.3 is 19.5 Å². The Morgan fingerprint density at radius 1 is 1.00 bits per heavy atom. The number of anilines is 1. The SMILES string of the molecule is COCC(C)(C)Nc1nc(OC)nc(OC)n1. The van der Waals surface area contributed by atoms with Crippen molar-refractivity contribution < 1.29 is 14.2 Å². The van der Waals surface area contributed by atoms with E-state index in [1.165, 1.54) is 14.2 Å². The lowest BCUT2D eigenvalue weighted by molar-refractivity contribution is 0.157. The molecule has 0 aromatic carbocycles. The molecule has 0 saturated heterocycles. The first kappa shape index (κ1) is 13.4. The molecule has 0 unspecified atom stereocenters. The van der Waals surface area contributed by atoms with Crippen molar-refractivity contribution in [1.82, 2.24) is 15.0 Å². The van der Waals surface area contributed by atoms with E-state index in [2.05, 4.69) is 20.3 Å². The van der Waals surface area contributed by atoms with Crippen LogP contribution in [0.4, 0.5) is 5.95 Å². The van der Waals surface area contributed by atoms with Crippen LogP contribution in [0.15, 0.2) is 0 Å². The third-order valence-electron chi connectivity index (χ3n) is 1.91. The lowest BCUT2D eigenvalue weighted by Crippen LogP contribution is -2.36. The Hall–Kier alpha value is -1.63. The van der Waals surface area contributed by atoms with Gasteiger partial charge in [-0.25, -0.2) is 0 Å². The summed E-state index contributed by atoms with van der Waals surface area (Å²) in [7, 11) is 4.61. The molecule has 1 aromatic rings. The molecule has 0 spiro atoms. The number of hydrogen-bond donors (Lipinski definition) is 1. The highest BCUT2D eigenvalue weighted by Crippen LogP contribution is 2.16. The molecule has 96 valence electrons. The summed E-state index contributed by atoms with van der Waals surface area (Å²) in [5.41, 5.74) is -0.299. The highest BCUT2D eigenvalue weighted by molar-refractivity contribution is 5.31. The molecule has 7 heteroatoms. The van der Waals surface area contributed by atoms with E-state index in [9.17, 15) is 0 Å². The van der Waals surface area contributed by atoms with E-state index in [1.54, 1.807) is 7.11 Å². The van der Waals surface area contributed by atoms with Gasteiger partial charge in [0.05, 0.1) is 26.4 Å². The number of ether oxygens (including phenoxy) is 3. The minimum atomic E-state index is -0.299. The molecule has 0 bridgehead atoms. The average molecular weight is 242 g/mol. The van der Waals surface area contributed by atoms with Crippen molar-refractivity contribution >= 4 is 5.95 Å². The Labute approximate surface area is 101 Å². The lowest BCUT2D eigenvalue weighted by atomic mass is 10.1. The maximum Gasteiger partial charge on any atom is 0.324 e. The van der Waals surface area contributed by atoms with Crippen molar-refractivity contribution in [3.8, 4) is 12.0 Å². The third-order valence-corrected chi connectivity index (χ3v) is 1.91. The molecule has 0 aliphatic heterocycles. The lowest BCUT2D eigenvalue weighted by Gasteiger charge is -2.25. The molecule has 0 aliphatic carbocycles. The first-order valence-corrected chi connectivity index (χ1v) is 5.12. The Balaban J connectivity index is 2.89. The van der Waals surface area contributed by atoms with Crippen molar-refractivity contribution in [1.29, 1.82) is 0 Å². The van der Waals surface area contributed by atoms with Gasteiger partial charge >= 0.3 is 12.0 Å². The van der Waals surface area contributed by atoms with Crippen LogP contribution in [0, 0.1) is 0 Å². The number of nitrogens with one attached hydrogen (secondary N) is 1. The van der Waals surface area contributed by atoms with Gasteiger partial charge in [0.25, 0.3) is 0 Å². The van der Waals surface area contributed by atoms with Crippen molar-refractivity contribution in [3.63, 3.8) is 0 Å². The summed E-state index contributed by atoms with van der Waals surface area (Å²) in [6.45, 7) is 4.46. The first-order chi connectivity index (χ1) is 8.00. The van der Waals surface area contributed by atoms with Gasteiger partial charge in [-0.15, -0.1) is 4.98 Å². The molecule has 1 rings (SSSR count). The number of rotatable bonds is 6. The van der Waals surface area contributed by atoms with Gasteiger partial charge in [-0.3, -0.25) is 0 Å². The summed E-state index contributed by atoms with van der Waals surface area (Å²) in [4.78, 5) is 12.1. The number of nitrogens with zero attached hydrogens (tertiary/aromatic N) is 3. The standard InChI is InChI=1S/C10H18N4O3/c1-10(2,6-15-3)14-7-11-8(16-4)13-9(12-7)17-5/h6H2,1-5H3,(H,11,12,13,14). The maximum absolute atomic E-state index is 5.10. The van der Waals surface area contributed by atoms with Crippen LogP contribution in [-0.2, 0) is 4.74 Å². The van der Waals surface area contributed by atoms with Crippen LogP contribution in [0.25, 0.3) is 0 Å². The van der Waals surface area contributed by atoms with E-state index in [-0.39, 0.29) is 17.6 Å². The normalized spacial score (nSPS) is 11.1. The van der Waals surface area contributed by atoms with E-state index in [0.29, 0.717) is 12.6 Å². The minimum absolute atomic E-state index is 0.201. The Morgan fingerprint density at radius 3 is 1.94 bits per heavy atom. The smallest absolute Gasteiger partial charge is 0.324 e. The fourth-order valence-electron chi connectivity index (χ4n) is 1.28. The number of aromatic nitrogens is 3. The Morgan fingerprint density at radius 2 is 1.53 bits per heavy atom. The van der Waals surface area contributed by atoms with Crippen molar-refractivity contribution in [2.75, 3.05) is 33.3 Å². The molecule has 7 nitrogen and oxygen atoms in total. The summed E-state index contributed by atoms with van der Waals surface area (Å²) < 4.78 is 15.0. The molecule has 1 heterocycles. The van der Waals surface area contributed by atoms with Gasteiger partial charge in [0.2, 0.25) is 5.95 Å². The quantitative estimate of drug-likeness (QED) is 0.787. The zero-order chi connectivity index (χ0) is 12.9. The predicted octanol–water partition coefficient (Wildman–Crippen LogP) is 0.726. The summed E-state index contributed by atoms with van der Waals surface area (Å²) in [6.07, 6.45) is 0. The highest BCUT2D eigenvalue weighted by atomic mass is 16.5. The van der Waals surface area contributed by atoms with E-state index in [0.717, 1.165) is 0 Å². The maximum atomic E-state index is 5.10. The summed E-state index contributed by atoms with van der Waals surface area (Å²) >= 11 is 0. The largest absolute Gasteiger partial charge is 0.467 e. The first-order valence-electron chi connectivity index (χ1n) is 5.12. The van der Waals surface area contributed by atoms with Crippen LogP contribution < -0.4 is 14.8 Å². The second-order valence-electron chi connectivity index (χ2n) is 4.07. The van der Waals surface area contributed by atoms with E-state index in [1.807, 2.05) is 13.8 Å². The molecule has 0 aliphatic rings. The van der Waals surface area contributed by atoms with Gasteiger partial charge in [0, 0.05) is 7.11 Å². The summed E-state index contributed by atoms with van der Waals surface area (Å²) in [5.74, 6) is 0.385. The van der Waals surface area contributed by atoms with Gasteiger partial charge in [-0.2, -0.15) is 9.97 Å². The molecule has 0 radical (unpaired) electrons. The van der Waals surface area contributed by atoms with Gasteiger partial charge in [0.15, 0.2) is 0 Å². The molecular weight excluding hydrogens is 224 g/mol.